The first kappa shape index (κ1) is 23.6. The number of nitrogens with zero attached hydrogens (tertiary/aromatic N) is 2. The predicted octanol–water partition coefficient (Wildman–Crippen LogP) is 6.05. The number of anilines is 1. The second-order valence-corrected chi connectivity index (χ2v) is 8.90. The van der Waals surface area contributed by atoms with Gasteiger partial charge in [0.1, 0.15) is 11.6 Å². The molecule has 4 aromatic rings. The van der Waals surface area contributed by atoms with Crippen LogP contribution in [-0.4, -0.2) is 21.9 Å². The van der Waals surface area contributed by atoms with Crippen LogP contribution < -0.4 is 5.73 Å². The van der Waals surface area contributed by atoms with E-state index in [1.807, 2.05) is 18.4 Å². The Kier molecular flexibility index (Phi) is 5.87. The van der Waals surface area contributed by atoms with Crippen molar-refractivity contribution < 1.29 is 18.7 Å². The molecule has 0 fully saturated rings. The van der Waals surface area contributed by atoms with Crippen molar-refractivity contribution in [3.8, 4) is 22.9 Å². The molecule has 0 radical (unpaired) electrons. The monoisotopic (exact) mass is 472 g/mol. The van der Waals surface area contributed by atoms with Gasteiger partial charge in [-0.15, -0.1) is 0 Å². The fourth-order valence-electron chi connectivity index (χ4n) is 4.41. The third-order valence-electron chi connectivity index (χ3n) is 6.06. The van der Waals surface area contributed by atoms with E-state index in [2.05, 4.69) is 6.07 Å². The number of benzene rings is 3. The van der Waals surface area contributed by atoms with E-state index in [-0.39, 0.29) is 6.42 Å². The SMILES string of the molecule is CC(C)(CC#N)c1c(-c2ccc(C(=O)O)c(F)c2)c2cc(N)c(C=N)cc2n1-c1ccc(F)cc1. The number of aromatic carboxylic acids is 1. The van der Waals surface area contributed by atoms with Crippen molar-refractivity contribution in [3.63, 3.8) is 0 Å². The Morgan fingerprint density at radius 1 is 1.17 bits per heavy atom. The molecule has 0 amide bonds. The van der Waals surface area contributed by atoms with E-state index in [0.717, 1.165) is 12.3 Å². The zero-order chi connectivity index (χ0) is 25.5. The lowest BCUT2D eigenvalue weighted by atomic mass is 9.81. The van der Waals surface area contributed by atoms with Gasteiger partial charge in [0.25, 0.3) is 0 Å². The zero-order valence-electron chi connectivity index (χ0n) is 19.1. The predicted molar refractivity (Wildman–Crippen MR) is 131 cm³/mol. The Bertz CT molecular complexity index is 1530. The van der Waals surface area contributed by atoms with Crippen LogP contribution >= 0.6 is 0 Å². The first-order chi connectivity index (χ1) is 16.6. The van der Waals surface area contributed by atoms with E-state index in [1.54, 1.807) is 24.3 Å². The summed E-state index contributed by atoms with van der Waals surface area (Å²) in [5.74, 6) is -2.70. The summed E-state index contributed by atoms with van der Waals surface area (Å²) in [5, 5.41) is 27.2. The van der Waals surface area contributed by atoms with Gasteiger partial charge in [-0.1, -0.05) is 19.9 Å². The Morgan fingerprint density at radius 2 is 1.86 bits per heavy atom. The number of nitrogens with two attached hydrogens (primary N) is 1. The van der Waals surface area contributed by atoms with Crippen molar-refractivity contribution in [1.29, 1.82) is 10.7 Å². The van der Waals surface area contributed by atoms with Gasteiger partial charge >= 0.3 is 5.97 Å². The van der Waals surface area contributed by atoms with Gasteiger partial charge in [-0.25, -0.2) is 13.6 Å². The number of fused-ring (bicyclic) bond motifs is 1. The van der Waals surface area contributed by atoms with Crippen molar-refractivity contribution in [2.45, 2.75) is 25.7 Å². The number of carboxylic acid groups (broad SMARTS) is 1. The second-order valence-electron chi connectivity index (χ2n) is 8.90. The number of aromatic nitrogens is 1. The van der Waals surface area contributed by atoms with Crippen LogP contribution in [0, 0.1) is 28.4 Å². The summed E-state index contributed by atoms with van der Waals surface area (Å²) in [5.41, 5.74) is 8.63. The summed E-state index contributed by atoms with van der Waals surface area (Å²) in [6.45, 7) is 3.74. The molecule has 176 valence electrons. The normalized spacial score (nSPS) is 11.4. The molecule has 6 nitrogen and oxygen atoms in total. The summed E-state index contributed by atoms with van der Waals surface area (Å²) in [7, 11) is 0. The Morgan fingerprint density at radius 3 is 2.43 bits per heavy atom. The summed E-state index contributed by atoms with van der Waals surface area (Å²) >= 11 is 0. The minimum Gasteiger partial charge on any atom is -0.478 e. The number of carbonyl (C=O) groups is 1. The molecular weight excluding hydrogens is 450 g/mol. The molecule has 4 N–H and O–H groups in total. The molecular formula is C27H22F2N4O2. The van der Waals surface area contributed by atoms with Gasteiger partial charge in [0.15, 0.2) is 0 Å². The lowest BCUT2D eigenvalue weighted by molar-refractivity contribution is 0.0692. The van der Waals surface area contributed by atoms with E-state index in [4.69, 9.17) is 11.1 Å². The minimum absolute atomic E-state index is 0.111. The molecule has 0 saturated carbocycles. The van der Waals surface area contributed by atoms with Crippen LogP contribution in [0.4, 0.5) is 14.5 Å². The molecule has 0 bridgehead atoms. The first-order valence-electron chi connectivity index (χ1n) is 10.7. The summed E-state index contributed by atoms with van der Waals surface area (Å²) < 4.78 is 30.4. The molecule has 35 heavy (non-hydrogen) atoms. The lowest BCUT2D eigenvalue weighted by Crippen LogP contribution is -2.21. The van der Waals surface area contributed by atoms with Crippen LogP contribution in [0.5, 0.6) is 0 Å². The van der Waals surface area contributed by atoms with Gasteiger partial charge in [-0.2, -0.15) is 5.26 Å². The van der Waals surface area contributed by atoms with E-state index in [0.29, 0.717) is 44.7 Å². The molecule has 1 heterocycles. The molecule has 0 atom stereocenters. The third-order valence-corrected chi connectivity index (χ3v) is 6.06. The number of hydrogen-bond donors (Lipinski definition) is 3. The Hall–Kier alpha value is -4.51. The van der Waals surface area contributed by atoms with Crippen molar-refractivity contribution >= 4 is 28.8 Å². The van der Waals surface area contributed by atoms with E-state index < -0.39 is 28.6 Å². The van der Waals surface area contributed by atoms with Gasteiger partial charge in [-0.3, -0.25) is 0 Å². The molecule has 0 spiro atoms. The smallest absolute Gasteiger partial charge is 0.338 e. The average Bonchev–Trinajstić information content (AvgIpc) is 3.13. The number of hydrogen-bond acceptors (Lipinski definition) is 4. The van der Waals surface area contributed by atoms with E-state index in [9.17, 15) is 23.9 Å². The highest BCUT2D eigenvalue weighted by Gasteiger charge is 2.32. The fraction of sp³-hybridized carbons (Fsp3) is 0.148. The largest absolute Gasteiger partial charge is 0.478 e. The quantitative estimate of drug-likeness (QED) is 0.234. The first-order valence-corrected chi connectivity index (χ1v) is 10.7. The maximum absolute atomic E-state index is 14.8. The van der Waals surface area contributed by atoms with Crippen LogP contribution in [0.2, 0.25) is 0 Å². The highest BCUT2D eigenvalue weighted by molar-refractivity contribution is 6.05. The maximum atomic E-state index is 14.8. The summed E-state index contributed by atoms with van der Waals surface area (Å²) in [6, 6.07) is 15.3. The highest BCUT2D eigenvalue weighted by Crippen LogP contribution is 2.45. The number of carboxylic acids is 1. The van der Waals surface area contributed by atoms with Crippen LogP contribution in [0.3, 0.4) is 0 Å². The van der Waals surface area contributed by atoms with Gasteiger partial charge in [0, 0.05) is 51.6 Å². The van der Waals surface area contributed by atoms with Crippen LogP contribution in [0.15, 0.2) is 54.6 Å². The molecule has 0 aliphatic rings. The van der Waals surface area contributed by atoms with Crippen molar-refractivity contribution in [1.82, 2.24) is 4.57 Å². The molecule has 0 aliphatic heterocycles. The standard InChI is InChI=1S/C27H22F2N4O2/c1-27(2,9-10-30)25-24(15-3-8-19(26(34)35)21(29)11-15)20-13-22(32)16(14-31)12-23(20)33(25)18-6-4-17(28)5-7-18/h3-8,11-14,31H,9,32H2,1-2H3,(H,34,35). The van der Waals surface area contributed by atoms with Crippen LogP contribution in [0.25, 0.3) is 27.7 Å². The average molecular weight is 472 g/mol. The molecule has 0 unspecified atom stereocenters. The molecule has 3 aromatic carbocycles. The van der Waals surface area contributed by atoms with Crippen LogP contribution in [0.1, 0.15) is 41.9 Å². The van der Waals surface area contributed by atoms with Crippen molar-refractivity contribution in [2.24, 2.45) is 0 Å². The topological polar surface area (TPSA) is 116 Å². The molecule has 4 rings (SSSR count). The van der Waals surface area contributed by atoms with E-state index in [1.165, 1.54) is 24.3 Å². The number of nitrogen functional groups attached to an aromatic ring is 1. The highest BCUT2D eigenvalue weighted by atomic mass is 19.1. The summed E-state index contributed by atoms with van der Waals surface area (Å²) in [6.07, 6.45) is 1.23. The summed E-state index contributed by atoms with van der Waals surface area (Å²) in [4.78, 5) is 11.4. The number of halogens is 2. The Balaban J connectivity index is 2.22. The van der Waals surface area contributed by atoms with Gasteiger partial charge in [0.05, 0.1) is 17.1 Å². The van der Waals surface area contributed by atoms with Gasteiger partial charge < -0.3 is 20.8 Å². The van der Waals surface area contributed by atoms with Gasteiger partial charge in [-0.05, 0) is 54.1 Å². The molecule has 1 aromatic heterocycles. The number of nitrogens with one attached hydrogen (secondary N) is 1. The number of rotatable bonds is 6. The third kappa shape index (κ3) is 4.02. The fourth-order valence-corrected chi connectivity index (χ4v) is 4.41. The molecule has 0 saturated heterocycles. The minimum atomic E-state index is -1.38. The van der Waals surface area contributed by atoms with Gasteiger partial charge in [0.2, 0.25) is 0 Å². The van der Waals surface area contributed by atoms with E-state index >= 15 is 0 Å². The molecule has 8 heteroatoms. The van der Waals surface area contributed by atoms with Crippen molar-refractivity contribution in [3.05, 3.63) is 83.1 Å². The number of nitriles is 1. The van der Waals surface area contributed by atoms with Crippen LogP contribution in [-0.2, 0) is 5.41 Å². The molecule has 0 aliphatic carbocycles. The zero-order valence-corrected chi connectivity index (χ0v) is 19.1. The Labute approximate surface area is 200 Å². The lowest BCUT2D eigenvalue weighted by Gasteiger charge is -2.26. The maximum Gasteiger partial charge on any atom is 0.338 e. The van der Waals surface area contributed by atoms with Crippen molar-refractivity contribution in [2.75, 3.05) is 5.73 Å². The second kappa shape index (κ2) is 8.69.